The lowest BCUT2D eigenvalue weighted by Gasteiger charge is -2.14. The van der Waals surface area contributed by atoms with Crippen LogP contribution in [0.1, 0.15) is 10.4 Å². The molecule has 0 aromatic heterocycles. The molecule has 0 atom stereocenters. The molecular weight excluding hydrogens is 457 g/mol. The zero-order valence-electron chi connectivity index (χ0n) is 11.4. The number of halogens is 6. The van der Waals surface area contributed by atoms with Gasteiger partial charge in [0.05, 0.1) is 41.4 Å². The van der Waals surface area contributed by atoms with Crippen molar-refractivity contribution in [2.45, 2.75) is 0 Å². The molecule has 10 heteroatoms. The predicted molar refractivity (Wildman–Crippen MR) is 107 cm³/mol. The van der Waals surface area contributed by atoms with Crippen LogP contribution in [0.15, 0.2) is 24.3 Å². The fourth-order valence-electron chi connectivity index (χ4n) is 1.71. The van der Waals surface area contributed by atoms with Gasteiger partial charge in [0, 0.05) is 0 Å². The van der Waals surface area contributed by atoms with E-state index in [1.165, 1.54) is 18.2 Å². The van der Waals surface area contributed by atoms with Gasteiger partial charge in [0.1, 0.15) is 0 Å². The number of hydrogen-bond acceptors (Lipinski definition) is 2. The van der Waals surface area contributed by atoms with Crippen LogP contribution in [0.2, 0.25) is 30.1 Å². The fraction of sp³-hybridized carbons (Fsp3) is 0. The Balaban J connectivity index is 2.22. The van der Waals surface area contributed by atoms with Crippen LogP contribution in [0.25, 0.3) is 0 Å². The van der Waals surface area contributed by atoms with Crippen molar-refractivity contribution in [3.63, 3.8) is 0 Å². The maximum atomic E-state index is 12.3. The molecule has 0 aliphatic heterocycles. The first-order valence-corrected chi connectivity index (χ1v) is 8.79. The number of hydrogen-bond donors (Lipinski definition) is 2. The van der Waals surface area contributed by atoms with E-state index in [0.717, 1.165) is 0 Å². The molecule has 2 rings (SSSR count). The summed E-state index contributed by atoms with van der Waals surface area (Å²) in [6, 6.07) is 6.07. The second kappa shape index (κ2) is 8.28. The number of carbonyl (C=O) groups excluding carboxylic acids is 1. The van der Waals surface area contributed by atoms with Crippen LogP contribution in [0.4, 0.5) is 5.69 Å². The Morgan fingerprint density at radius 3 is 1.88 bits per heavy atom. The van der Waals surface area contributed by atoms with Crippen molar-refractivity contribution in [3.05, 3.63) is 60.0 Å². The molecule has 0 unspecified atom stereocenters. The van der Waals surface area contributed by atoms with Crippen LogP contribution in [0, 0.1) is 0 Å². The minimum Gasteiger partial charge on any atom is -0.330 e. The highest BCUT2D eigenvalue weighted by atomic mass is 35.5. The maximum Gasteiger partial charge on any atom is 0.260 e. The van der Waals surface area contributed by atoms with Crippen LogP contribution < -0.4 is 10.6 Å². The van der Waals surface area contributed by atoms with E-state index < -0.39 is 5.91 Å². The smallest absolute Gasteiger partial charge is 0.260 e. The van der Waals surface area contributed by atoms with E-state index in [1.54, 1.807) is 6.07 Å². The molecule has 0 spiro atoms. The van der Waals surface area contributed by atoms with Gasteiger partial charge in [0.25, 0.3) is 5.91 Å². The number of anilines is 1. The second-order valence-electron chi connectivity index (χ2n) is 4.35. The number of rotatable bonds is 2. The minimum atomic E-state index is -0.594. The molecule has 3 nitrogen and oxygen atoms in total. The van der Waals surface area contributed by atoms with Gasteiger partial charge < -0.3 is 5.32 Å². The molecule has 0 saturated heterocycles. The molecule has 2 aromatic carbocycles. The Morgan fingerprint density at radius 2 is 1.38 bits per heavy atom. The Kier molecular flexibility index (Phi) is 6.85. The summed E-state index contributed by atoms with van der Waals surface area (Å²) in [5.74, 6) is -0.594. The molecule has 0 radical (unpaired) electrons. The minimum absolute atomic E-state index is 0.0851. The van der Waals surface area contributed by atoms with Crippen LogP contribution in [0.5, 0.6) is 0 Å². The van der Waals surface area contributed by atoms with Gasteiger partial charge in [0.15, 0.2) is 5.11 Å². The van der Waals surface area contributed by atoms with Crippen molar-refractivity contribution in [2.24, 2.45) is 0 Å². The molecule has 0 aliphatic rings. The number of benzene rings is 2. The van der Waals surface area contributed by atoms with Crippen LogP contribution >= 0.6 is 81.8 Å². The topological polar surface area (TPSA) is 41.1 Å². The predicted octanol–water partition coefficient (Wildman–Crippen LogP) is 6.73. The van der Waals surface area contributed by atoms with Gasteiger partial charge in [-0.15, -0.1) is 0 Å². The average Bonchev–Trinajstić information content (AvgIpc) is 2.49. The molecule has 2 aromatic rings. The Hall–Kier alpha value is -0.460. The van der Waals surface area contributed by atoms with Gasteiger partial charge in [-0.2, -0.15) is 0 Å². The lowest BCUT2D eigenvalue weighted by atomic mass is 10.2. The van der Waals surface area contributed by atoms with Crippen molar-refractivity contribution >= 4 is 98.5 Å². The third-order valence-electron chi connectivity index (χ3n) is 2.77. The summed E-state index contributed by atoms with van der Waals surface area (Å²) in [6.07, 6.45) is 0. The normalized spacial score (nSPS) is 10.4. The summed E-state index contributed by atoms with van der Waals surface area (Å²) in [7, 11) is 0. The van der Waals surface area contributed by atoms with Gasteiger partial charge in [-0.05, 0) is 30.4 Å². The SMILES string of the molecule is O=C(NC(=S)Nc1c(Cl)c(Cl)cc(Cl)c1Cl)c1c(Cl)cccc1Cl. The molecule has 0 fully saturated rings. The maximum absolute atomic E-state index is 12.3. The van der Waals surface area contributed by atoms with Gasteiger partial charge in [-0.3, -0.25) is 10.1 Å². The van der Waals surface area contributed by atoms with E-state index in [-0.39, 0.29) is 46.5 Å². The molecule has 0 saturated carbocycles. The van der Waals surface area contributed by atoms with E-state index in [0.29, 0.717) is 0 Å². The van der Waals surface area contributed by atoms with Crippen molar-refractivity contribution < 1.29 is 4.79 Å². The molecule has 126 valence electrons. The molecular formula is C14H6Cl6N2OS. The molecule has 2 N–H and O–H groups in total. The second-order valence-corrected chi connectivity index (χ2v) is 7.14. The van der Waals surface area contributed by atoms with Crippen molar-refractivity contribution in [3.8, 4) is 0 Å². The van der Waals surface area contributed by atoms with Crippen LogP contribution in [-0.2, 0) is 0 Å². The highest BCUT2D eigenvalue weighted by molar-refractivity contribution is 7.80. The number of amides is 1. The highest BCUT2D eigenvalue weighted by Gasteiger charge is 2.18. The van der Waals surface area contributed by atoms with Gasteiger partial charge in [0.2, 0.25) is 0 Å². The largest absolute Gasteiger partial charge is 0.330 e. The van der Waals surface area contributed by atoms with Gasteiger partial charge in [-0.1, -0.05) is 75.7 Å². The third-order valence-corrected chi connectivity index (χ3v) is 5.18. The quantitative estimate of drug-likeness (QED) is 0.384. The molecule has 0 heterocycles. The van der Waals surface area contributed by atoms with E-state index in [2.05, 4.69) is 10.6 Å². The first-order chi connectivity index (χ1) is 11.2. The summed E-state index contributed by atoms with van der Waals surface area (Å²) >= 11 is 41.0. The number of carbonyl (C=O) groups is 1. The Bertz CT molecular complexity index is 796. The first kappa shape index (κ1) is 19.9. The standard InChI is InChI=1S/C14H6Cl6N2OS/c15-5-2-1-3-6(16)9(5)13(23)22-14(24)21-12-10(19)7(17)4-8(18)11(12)20/h1-4H,(H2,21,22,23,24). The summed E-state index contributed by atoms with van der Waals surface area (Å²) in [4.78, 5) is 12.3. The number of nitrogens with one attached hydrogen (secondary N) is 2. The van der Waals surface area contributed by atoms with Crippen molar-refractivity contribution in [1.82, 2.24) is 5.32 Å². The van der Waals surface area contributed by atoms with E-state index in [1.807, 2.05) is 0 Å². The van der Waals surface area contributed by atoms with Crippen LogP contribution in [0.3, 0.4) is 0 Å². The Morgan fingerprint density at radius 1 is 0.875 bits per heavy atom. The average molecular weight is 463 g/mol. The van der Waals surface area contributed by atoms with Gasteiger partial charge >= 0.3 is 0 Å². The number of thiocarbonyl (C=S) groups is 1. The van der Waals surface area contributed by atoms with Gasteiger partial charge in [-0.25, -0.2) is 0 Å². The summed E-state index contributed by atoms with van der Waals surface area (Å²) in [6.45, 7) is 0. The zero-order chi connectivity index (χ0) is 18.0. The summed E-state index contributed by atoms with van der Waals surface area (Å²) in [5, 5.41) is 5.97. The van der Waals surface area contributed by atoms with Crippen molar-refractivity contribution in [1.29, 1.82) is 0 Å². The third kappa shape index (κ3) is 4.38. The lowest BCUT2D eigenvalue weighted by Crippen LogP contribution is -2.34. The van der Waals surface area contributed by atoms with Crippen LogP contribution in [-0.4, -0.2) is 11.0 Å². The van der Waals surface area contributed by atoms with E-state index >= 15 is 0 Å². The highest BCUT2D eigenvalue weighted by Crippen LogP contribution is 2.41. The molecule has 1 amide bonds. The summed E-state index contributed by atoms with van der Waals surface area (Å²) < 4.78 is 0. The Labute approximate surface area is 173 Å². The molecule has 0 aliphatic carbocycles. The van der Waals surface area contributed by atoms with E-state index in [9.17, 15) is 4.79 Å². The fourth-order valence-corrected chi connectivity index (χ4v) is 3.38. The monoisotopic (exact) mass is 460 g/mol. The molecule has 0 bridgehead atoms. The van der Waals surface area contributed by atoms with Crippen molar-refractivity contribution in [2.75, 3.05) is 5.32 Å². The molecule has 24 heavy (non-hydrogen) atoms. The lowest BCUT2D eigenvalue weighted by molar-refractivity contribution is 0.0978. The zero-order valence-corrected chi connectivity index (χ0v) is 16.7. The first-order valence-electron chi connectivity index (χ1n) is 6.11. The van der Waals surface area contributed by atoms with E-state index in [4.69, 9.17) is 81.8 Å². The summed E-state index contributed by atoms with van der Waals surface area (Å²) in [5.41, 5.74) is 0.262.